The molecule has 1 rings (SSSR count). The molecule has 0 bridgehead atoms. The van der Waals surface area contributed by atoms with Crippen LogP contribution < -0.4 is 11.3 Å². The highest BCUT2D eigenvalue weighted by Crippen LogP contribution is 2.03. The first-order valence-electron chi connectivity index (χ1n) is 4.84. The molecule has 1 aromatic rings. The Morgan fingerprint density at radius 2 is 2.07 bits per heavy atom. The van der Waals surface area contributed by atoms with Gasteiger partial charge in [0.15, 0.2) is 0 Å². The van der Waals surface area contributed by atoms with Gasteiger partial charge in [-0.25, -0.2) is 4.68 Å². The Kier molecular flexibility index (Phi) is 3.41. The van der Waals surface area contributed by atoms with Crippen LogP contribution in [-0.2, 0) is 6.54 Å². The van der Waals surface area contributed by atoms with Gasteiger partial charge in [0.25, 0.3) is 5.56 Å². The summed E-state index contributed by atoms with van der Waals surface area (Å²) in [4.78, 5) is 11.4. The molecule has 0 spiro atoms. The first-order valence-corrected chi connectivity index (χ1v) is 4.84. The van der Waals surface area contributed by atoms with Gasteiger partial charge in [-0.3, -0.25) is 4.79 Å². The summed E-state index contributed by atoms with van der Waals surface area (Å²) < 4.78 is 1.48. The van der Waals surface area contributed by atoms with Crippen molar-refractivity contribution in [2.24, 2.45) is 11.7 Å². The molecule has 4 nitrogen and oxygen atoms in total. The second kappa shape index (κ2) is 4.37. The maximum absolute atomic E-state index is 11.4. The molecule has 2 N–H and O–H groups in total. The van der Waals surface area contributed by atoms with Gasteiger partial charge >= 0.3 is 0 Å². The zero-order chi connectivity index (χ0) is 10.7. The van der Waals surface area contributed by atoms with Gasteiger partial charge < -0.3 is 5.73 Å². The van der Waals surface area contributed by atoms with Crippen molar-refractivity contribution in [3.05, 3.63) is 28.2 Å². The molecular weight excluding hydrogens is 178 g/mol. The number of nitrogens with two attached hydrogens (primary N) is 1. The third-order valence-electron chi connectivity index (χ3n) is 1.89. The van der Waals surface area contributed by atoms with Crippen LogP contribution >= 0.6 is 0 Å². The van der Waals surface area contributed by atoms with Gasteiger partial charge in [-0.1, -0.05) is 13.8 Å². The van der Waals surface area contributed by atoms with Crippen LogP contribution in [0.4, 0.5) is 0 Å². The van der Waals surface area contributed by atoms with E-state index in [1.54, 1.807) is 6.07 Å². The molecule has 14 heavy (non-hydrogen) atoms. The second-order valence-corrected chi connectivity index (χ2v) is 3.96. The van der Waals surface area contributed by atoms with Crippen molar-refractivity contribution < 1.29 is 0 Å². The SMILES string of the molecule is CC(C)Cn1nc(C(C)N)ccc1=O. The molecule has 0 fully saturated rings. The van der Waals surface area contributed by atoms with E-state index in [0.717, 1.165) is 5.69 Å². The van der Waals surface area contributed by atoms with Crippen LogP contribution in [0.2, 0.25) is 0 Å². The van der Waals surface area contributed by atoms with E-state index < -0.39 is 0 Å². The van der Waals surface area contributed by atoms with Crippen molar-refractivity contribution in [2.45, 2.75) is 33.4 Å². The summed E-state index contributed by atoms with van der Waals surface area (Å²) in [5, 5.41) is 4.19. The predicted octanol–water partition coefficient (Wildman–Crippen LogP) is 0.919. The summed E-state index contributed by atoms with van der Waals surface area (Å²) >= 11 is 0. The topological polar surface area (TPSA) is 60.9 Å². The van der Waals surface area contributed by atoms with E-state index in [1.165, 1.54) is 10.7 Å². The van der Waals surface area contributed by atoms with Crippen molar-refractivity contribution in [1.82, 2.24) is 9.78 Å². The quantitative estimate of drug-likeness (QED) is 0.780. The van der Waals surface area contributed by atoms with E-state index in [9.17, 15) is 4.79 Å². The maximum atomic E-state index is 11.4. The van der Waals surface area contributed by atoms with Gasteiger partial charge in [-0.15, -0.1) is 0 Å². The summed E-state index contributed by atoms with van der Waals surface area (Å²) in [7, 11) is 0. The van der Waals surface area contributed by atoms with E-state index in [4.69, 9.17) is 5.73 Å². The zero-order valence-electron chi connectivity index (χ0n) is 8.90. The third kappa shape index (κ3) is 2.67. The molecule has 1 heterocycles. The first kappa shape index (κ1) is 10.9. The third-order valence-corrected chi connectivity index (χ3v) is 1.89. The molecule has 78 valence electrons. The maximum Gasteiger partial charge on any atom is 0.266 e. The Morgan fingerprint density at radius 1 is 1.43 bits per heavy atom. The van der Waals surface area contributed by atoms with E-state index in [0.29, 0.717) is 12.5 Å². The minimum absolute atomic E-state index is 0.0666. The zero-order valence-corrected chi connectivity index (χ0v) is 8.90. The van der Waals surface area contributed by atoms with E-state index in [1.807, 2.05) is 20.8 Å². The Labute approximate surface area is 83.7 Å². The van der Waals surface area contributed by atoms with Crippen molar-refractivity contribution in [2.75, 3.05) is 0 Å². The van der Waals surface area contributed by atoms with E-state index >= 15 is 0 Å². The van der Waals surface area contributed by atoms with Gasteiger partial charge in [0.1, 0.15) is 0 Å². The minimum Gasteiger partial charge on any atom is -0.323 e. The Balaban J connectivity index is 3.02. The number of aromatic nitrogens is 2. The Hall–Kier alpha value is -1.16. The summed E-state index contributed by atoms with van der Waals surface area (Å²) in [6.07, 6.45) is 0. The molecule has 0 aliphatic carbocycles. The van der Waals surface area contributed by atoms with Gasteiger partial charge in [0, 0.05) is 18.7 Å². The second-order valence-electron chi connectivity index (χ2n) is 3.96. The molecule has 1 unspecified atom stereocenters. The molecule has 0 aliphatic heterocycles. The standard InChI is InChI=1S/C10H17N3O/c1-7(2)6-13-10(14)5-4-9(12-13)8(3)11/h4-5,7-8H,6,11H2,1-3H3. The number of hydrogen-bond acceptors (Lipinski definition) is 3. The highest BCUT2D eigenvalue weighted by molar-refractivity contribution is 5.04. The number of hydrogen-bond donors (Lipinski definition) is 1. The predicted molar refractivity (Wildman–Crippen MR) is 55.9 cm³/mol. The highest BCUT2D eigenvalue weighted by atomic mass is 16.1. The van der Waals surface area contributed by atoms with Crippen molar-refractivity contribution in [3.8, 4) is 0 Å². The lowest BCUT2D eigenvalue weighted by Gasteiger charge is -2.10. The van der Waals surface area contributed by atoms with Gasteiger partial charge in [-0.2, -0.15) is 5.10 Å². The monoisotopic (exact) mass is 195 g/mol. The first-order chi connectivity index (χ1) is 6.50. The van der Waals surface area contributed by atoms with Crippen LogP contribution in [0, 0.1) is 5.92 Å². The number of nitrogens with zero attached hydrogens (tertiary/aromatic N) is 2. The van der Waals surface area contributed by atoms with Gasteiger partial charge in [0.2, 0.25) is 0 Å². The fourth-order valence-corrected chi connectivity index (χ4v) is 1.18. The molecule has 0 aliphatic rings. The fraction of sp³-hybridized carbons (Fsp3) is 0.600. The van der Waals surface area contributed by atoms with Crippen molar-refractivity contribution >= 4 is 0 Å². The molecule has 0 amide bonds. The van der Waals surface area contributed by atoms with Crippen molar-refractivity contribution in [1.29, 1.82) is 0 Å². The average Bonchev–Trinajstić information content (AvgIpc) is 2.07. The highest BCUT2D eigenvalue weighted by Gasteiger charge is 2.05. The molecule has 0 radical (unpaired) electrons. The Bertz CT molecular complexity index is 355. The summed E-state index contributed by atoms with van der Waals surface area (Å²) in [6.45, 7) is 6.59. The van der Waals surface area contributed by atoms with Crippen LogP contribution in [-0.4, -0.2) is 9.78 Å². The van der Waals surface area contributed by atoms with Crippen molar-refractivity contribution in [3.63, 3.8) is 0 Å². The van der Waals surface area contributed by atoms with Crippen LogP contribution in [0.3, 0.4) is 0 Å². The van der Waals surface area contributed by atoms with E-state index in [2.05, 4.69) is 5.10 Å². The Morgan fingerprint density at radius 3 is 2.57 bits per heavy atom. The van der Waals surface area contributed by atoms with Crippen LogP contribution in [0.25, 0.3) is 0 Å². The molecule has 0 aromatic carbocycles. The lowest BCUT2D eigenvalue weighted by Crippen LogP contribution is -2.26. The molecule has 1 aromatic heterocycles. The molecule has 4 heteroatoms. The van der Waals surface area contributed by atoms with Gasteiger partial charge in [-0.05, 0) is 18.9 Å². The van der Waals surface area contributed by atoms with Crippen LogP contribution in [0.5, 0.6) is 0 Å². The molecule has 0 saturated heterocycles. The summed E-state index contributed by atoms with van der Waals surface area (Å²) in [6, 6.07) is 3.08. The summed E-state index contributed by atoms with van der Waals surface area (Å²) in [5.74, 6) is 0.406. The fourth-order valence-electron chi connectivity index (χ4n) is 1.18. The molecule has 1 atom stereocenters. The number of rotatable bonds is 3. The van der Waals surface area contributed by atoms with E-state index in [-0.39, 0.29) is 11.6 Å². The van der Waals surface area contributed by atoms with Gasteiger partial charge in [0.05, 0.1) is 5.69 Å². The van der Waals surface area contributed by atoms with Crippen LogP contribution in [0.1, 0.15) is 32.5 Å². The minimum atomic E-state index is -0.131. The molecular formula is C10H17N3O. The lowest BCUT2D eigenvalue weighted by atomic mass is 10.2. The lowest BCUT2D eigenvalue weighted by molar-refractivity contribution is 0.454. The smallest absolute Gasteiger partial charge is 0.266 e. The summed E-state index contributed by atoms with van der Waals surface area (Å²) in [5.41, 5.74) is 6.37. The molecule has 0 saturated carbocycles. The normalized spacial score (nSPS) is 13.2. The van der Waals surface area contributed by atoms with Crippen LogP contribution in [0.15, 0.2) is 16.9 Å². The largest absolute Gasteiger partial charge is 0.323 e. The average molecular weight is 195 g/mol.